The molecule has 4 rings (SSSR count). The first-order valence-corrected chi connectivity index (χ1v) is 8.93. The van der Waals surface area contributed by atoms with E-state index < -0.39 is 0 Å². The number of benzene rings is 3. The van der Waals surface area contributed by atoms with E-state index in [0.717, 1.165) is 22.3 Å². The summed E-state index contributed by atoms with van der Waals surface area (Å²) in [5, 5.41) is 2.93. The Bertz CT molecular complexity index is 1010. The van der Waals surface area contributed by atoms with E-state index in [0.29, 0.717) is 5.56 Å². The Labute approximate surface area is 150 Å². The van der Waals surface area contributed by atoms with E-state index in [9.17, 15) is 4.79 Å². The van der Waals surface area contributed by atoms with Crippen LogP contribution < -0.4 is 5.32 Å². The summed E-state index contributed by atoms with van der Waals surface area (Å²) in [5.41, 5.74) is 6.57. The summed E-state index contributed by atoms with van der Waals surface area (Å²) in [6, 6.07) is 23.8. The average Bonchev–Trinajstić information content (AvgIpc) is 3.11. The minimum atomic E-state index is -0.110. The van der Waals surface area contributed by atoms with Crippen molar-refractivity contribution in [2.24, 2.45) is 0 Å². The number of rotatable bonds is 4. The number of carbonyl (C=O) groups excluding carboxylic acids is 1. The van der Waals surface area contributed by atoms with Gasteiger partial charge < -0.3 is 5.32 Å². The largest absolute Gasteiger partial charge is 0.322 e. The zero-order valence-electron chi connectivity index (χ0n) is 13.5. The fourth-order valence-corrected chi connectivity index (χ4v) is 3.40. The van der Waals surface area contributed by atoms with Crippen molar-refractivity contribution in [3.05, 3.63) is 95.0 Å². The molecule has 0 unspecified atom stereocenters. The number of amides is 1. The highest BCUT2D eigenvalue weighted by atomic mass is 32.1. The van der Waals surface area contributed by atoms with Crippen LogP contribution in [0.4, 0.5) is 5.69 Å². The molecule has 3 nitrogen and oxygen atoms in total. The fraction of sp³-hybridized carbons (Fsp3) is 0.0476. The molecule has 0 radical (unpaired) electrons. The Morgan fingerprint density at radius 1 is 0.920 bits per heavy atom. The van der Waals surface area contributed by atoms with Crippen LogP contribution in [0.3, 0.4) is 0 Å². The van der Waals surface area contributed by atoms with Crippen molar-refractivity contribution in [3.63, 3.8) is 0 Å². The molecule has 4 aromatic rings. The second-order valence-electron chi connectivity index (χ2n) is 5.85. The number of hydrogen-bond donors (Lipinski definition) is 1. The number of hydrogen-bond acceptors (Lipinski definition) is 3. The summed E-state index contributed by atoms with van der Waals surface area (Å²) in [4.78, 5) is 16.7. The van der Waals surface area contributed by atoms with Crippen molar-refractivity contribution in [3.8, 4) is 0 Å². The topological polar surface area (TPSA) is 42.0 Å². The molecular weight excluding hydrogens is 328 g/mol. The predicted molar refractivity (Wildman–Crippen MR) is 103 cm³/mol. The van der Waals surface area contributed by atoms with E-state index in [1.165, 1.54) is 11.1 Å². The monoisotopic (exact) mass is 344 g/mol. The third-order valence-corrected chi connectivity index (χ3v) is 4.87. The van der Waals surface area contributed by atoms with Crippen LogP contribution in [0.5, 0.6) is 0 Å². The van der Waals surface area contributed by atoms with Crippen LogP contribution in [0.1, 0.15) is 21.5 Å². The molecule has 0 aliphatic carbocycles. The van der Waals surface area contributed by atoms with Gasteiger partial charge in [-0.05, 0) is 47.9 Å². The molecule has 0 aliphatic heterocycles. The van der Waals surface area contributed by atoms with Gasteiger partial charge >= 0.3 is 0 Å². The third-order valence-electron chi connectivity index (χ3n) is 4.06. The molecule has 0 aliphatic rings. The highest BCUT2D eigenvalue weighted by Gasteiger charge is 2.07. The smallest absolute Gasteiger partial charge is 0.255 e. The molecule has 0 bridgehead atoms. The Balaban J connectivity index is 1.46. The fourth-order valence-electron chi connectivity index (χ4n) is 2.74. The van der Waals surface area contributed by atoms with Gasteiger partial charge in [-0.15, -0.1) is 11.3 Å². The van der Waals surface area contributed by atoms with Crippen LogP contribution >= 0.6 is 11.3 Å². The van der Waals surface area contributed by atoms with Gasteiger partial charge in [-0.2, -0.15) is 0 Å². The number of anilines is 1. The maximum absolute atomic E-state index is 12.4. The molecule has 0 spiro atoms. The van der Waals surface area contributed by atoms with E-state index in [1.807, 2.05) is 66.2 Å². The maximum atomic E-state index is 12.4. The van der Waals surface area contributed by atoms with Gasteiger partial charge in [0.25, 0.3) is 5.91 Å². The number of nitrogens with zero attached hydrogens (tertiary/aromatic N) is 1. The molecule has 1 aromatic heterocycles. The van der Waals surface area contributed by atoms with E-state index in [-0.39, 0.29) is 5.91 Å². The number of aromatic nitrogens is 1. The van der Waals surface area contributed by atoms with Gasteiger partial charge in [0, 0.05) is 11.3 Å². The minimum absolute atomic E-state index is 0.110. The van der Waals surface area contributed by atoms with E-state index in [1.54, 1.807) is 11.3 Å². The molecule has 4 heteroatoms. The average molecular weight is 344 g/mol. The molecular formula is C21H16N2OS. The zero-order chi connectivity index (χ0) is 17.1. The number of carbonyl (C=O) groups is 1. The minimum Gasteiger partial charge on any atom is -0.322 e. The first-order valence-electron chi connectivity index (χ1n) is 8.05. The molecule has 1 heterocycles. The summed E-state index contributed by atoms with van der Waals surface area (Å²) in [6.45, 7) is 0. The molecule has 0 fully saturated rings. The first-order chi connectivity index (χ1) is 12.3. The Morgan fingerprint density at radius 3 is 2.48 bits per heavy atom. The molecule has 1 N–H and O–H groups in total. The van der Waals surface area contributed by atoms with Crippen molar-refractivity contribution in [1.29, 1.82) is 0 Å². The van der Waals surface area contributed by atoms with E-state index in [2.05, 4.69) is 22.4 Å². The van der Waals surface area contributed by atoms with Crippen LogP contribution in [-0.2, 0) is 6.42 Å². The highest BCUT2D eigenvalue weighted by Crippen LogP contribution is 2.22. The first kappa shape index (κ1) is 15.5. The lowest BCUT2D eigenvalue weighted by Crippen LogP contribution is -2.11. The van der Waals surface area contributed by atoms with E-state index in [4.69, 9.17) is 0 Å². The number of thiazole rings is 1. The van der Waals surface area contributed by atoms with Gasteiger partial charge in [-0.1, -0.05) is 42.5 Å². The highest BCUT2D eigenvalue weighted by molar-refractivity contribution is 7.16. The van der Waals surface area contributed by atoms with Gasteiger partial charge in [0.15, 0.2) is 0 Å². The van der Waals surface area contributed by atoms with Crippen LogP contribution in [0.25, 0.3) is 10.2 Å². The third kappa shape index (κ3) is 3.59. The Kier molecular flexibility index (Phi) is 4.27. The normalized spacial score (nSPS) is 10.7. The van der Waals surface area contributed by atoms with Crippen LogP contribution in [-0.4, -0.2) is 10.9 Å². The summed E-state index contributed by atoms with van der Waals surface area (Å²) in [7, 11) is 0. The van der Waals surface area contributed by atoms with Gasteiger partial charge in [-0.25, -0.2) is 4.98 Å². The summed E-state index contributed by atoms with van der Waals surface area (Å²) < 4.78 is 1.11. The molecule has 25 heavy (non-hydrogen) atoms. The SMILES string of the molecule is O=C(Nc1ccc2scnc2c1)c1ccc(Cc2ccccc2)cc1. The second kappa shape index (κ2) is 6.87. The van der Waals surface area contributed by atoms with Crippen molar-refractivity contribution >= 4 is 33.1 Å². The van der Waals surface area contributed by atoms with Gasteiger partial charge in [-0.3, -0.25) is 4.79 Å². The second-order valence-corrected chi connectivity index (χ2v) is 6.73. The summed E-state index contributed by atoms with van der Waals surface area (Å²) >= 11 is 1.59. The van der Waals surface area contributed by atoms with Crippen molar-refractivity contribution in [2.45, 2.75) is 6.42 Å². The summed E-state index contributed by atoms with van der Waals surface area (Å²) in [5.74, 6) is -0.110. The Morgan fingerprint density at radius 2 is 1.68 bits per heavy atom. The van der Waals surface area contributed by atoms with Crippen LogP contribution in [0, 0.1) is 0 Å². The standard InChI is InChI=1S/C21H16N2OS/c24-21(23-18-10-11-20-19(13-18)22-14-25-20)17-8-6-16(7-9-17)12-15-4-2-1-3-5-15/h1-11,13-14H,12H2,(H,23,24). The maximum Gasteiger partial charge on any atom is 0.255 e. The molecule has 122 valence electrons. The van der Waals surface area contributed by atoms with Crippen LogP contribution in [0.2, 0.25) is 0 Å². The number of nitrogens with one attached hydrogen (secondary N) is 1. The molecule has 0 atom stereocenters. The lowest BCUT2D eigenvalue weighted by Gasteiger charge is -2.07. The van der Waals surface area contributed by atoms with Crippen molar-refractivity contribution in [1.82, 2.24) is 4.98 Å². The van der Waals surface area contributed by atoms with E-state index >= 15 is 0 Å². The van der Waals surface area contributed by atoms with Gasteiger partial charge in [0.2, 0.25) is 0 Å². The Hall–Kier alpha value is -2.98. The number of fused-ring (bicyclic) bond motifs is 1. The van der Waals surface area contributed by atoms with Gasteiger partial charge in [0.1, 0.15) is 0 Å². The molecule has 0 saturated carbocycles. The molecule has 0 saturated heterocycles. The van der Waals surface area contributed by atoms with Crippen molar-refractivity contribution < 1.29 is 4.79 Å². The van der Waals surface area contributed by atoms with Crippen LogP contribution in [0.15, 0.2) is 78.3 Å². The summed E-state index contributed by atoms with van der Waals surface area (Å²) in [6.07, 6.45) is 0.864. The predicted octanol–water partition coefficient (Wildman–Crippen LogP) is 5.14. The molecule has 3 aromatic carbocycles. The quantitative estimate of drug-likeness (QED) is 0.557. The van der Waals surface area contributed by atoms with Gasteiger partial charge in [0.05, 0.1) is 15.7 Å². The van der Waals surface area contributed by atoms with Crippen molar-refractivity contribution in [2.75, 3.05) is 5.32 Å². The zero-order valence-corrected chi connectivity index (χ0v) is 14.3. The molecule has 1 amide bonds. The lowest BCUT2D eigenvalue weighted by atomic mass is 10.0. The lowest BCUT2D eigenvalue weighted by molar-refractivity contribution is 0.102.